The number of hydrogen-bond donors (Lipinski definition) is 0. The summed E-state index contributed by atoms with van der Waals surface area (Å²) in [5.41, 5.74) is 11.2. The van der Waals surface area contributed by atoms with Crippen molar-refractivity contribution in [3.05, 3.63) is 149 Å². The lowest BCUT2D eigenvalue weighted by Gasteiger charge is -2.33. The van der Waals surface area contributed by atoms with E-state index >= 15 is 0 Å². The number of hydrogen-bond acceptors (Lipinski definition) is 2. The number of rotatable bonds is 18. The first-order valence-corrected chi connectivity index (χ1v) is 20.4. The highest BCUT2D eigenvalue weighted by Gasteiger charge is 2.42. The van der Waals surface area contributed by atoms with Gasteiger partial charge in [0.2, 0.25) is 0 Å². The maximum Gasteiger partial charge on any atom is 0.150 e. The van der Waals surface area contributed by atoms with Gasteiger partial charge in [-0.25, -0.2) is 0 Å². The van der Waals surface area contributed by atoms with Gasteiger partial charge in [-0.1, -0.05) is 157 Å². The normalized spacial score (nSPS) is 12.1. The third-order valence-electron chi connectivity index (χ3n) is 11.1. The molecule has 5 aromatic rings. The van der Waals surface area contributed by atoms with E-state index in [9.17, 15) is 4.79 Å². The minimum Gasteiger partial charge on any atom is -0.311 e. The number of anilines is 3. The lowest BCUT2D eigenvalue weighted by molar-refractivity contribution is 0.112. The van der Waals surface area contributed by atoms with Crippen LogP contribution in [-0.4, -0.2) is 6.29 Å². The van der Waals surface area contributed by atoms with Crippen molar-refractivity contribution in [3.8, 4) is 34.8 Å². The van der Waals surface area contributed by atoms with Crippen molar-refractivity contribution in [1.29, 1.82) is 0 Å². The van der Waals surface area contributed by atoms with E-state index in [1.807, 2.05) is 18.2 Å². The molecule has 0 spiro atoms. The van der Waals surface area contributed by atoms with E-state index in [1.54, 1.807) is 0 Å². The third-order valence-corrected chi connectivity index (χ3v) is 11.1. The Morgan fingerprint density at radius 1 is 0.500 bits per heavy atom. The Labute approximate surface area is 325 Å². The van der Waals surface area contributed by atoms with Gasteiger partial charge in [0.25, 0.3) is 0 Å². The van der Waals surface area contributed by atoms with E-state index in [1.165, 1.54) is 99.3 Å². The third kappa shape index (κ3) is 9.43. The summed E-state index contributed by atoms with van der Waals surface area (Å²) >= 11 is 0. The Morgan fingerprint density at radius 3 is 1.52 bits per heavy atom. The van der Waals surface area contributed by atoms with Gasteiger partial charge in [-0.2, -0.15) is 0 Å². The summed E-state index contributed by atoms with van der Waals surface area (Å²) in [6.07, 6.45) is 18.5. The molecule has 0 unspecified atom stereocenters. The zero-order valence-corrected chi connectivity index (χ0v) is 32.4. The molecule has 2 nitrogen and oxygen atoms in total. The van der Waals surface area contributed by atoms with Crippen molar-refractivity contribution < 1.29 is 4.79 Å². The summed E-state index contributed by atoms with van der Waals surface area (Å²) in [4.78, 5) is 14.3. The topological polar surface area (TPSA) is 20.3 Å². The number of unbranched alkanes of at least 4 members (excludes halogenated alkanes) is 10. The molecule has 0 aromatic heterocycles. The molecule has 0 N–H and O–H groups in total. The zero-order valence-electron chi connectivity index (χ0n) is 32.4. The van der Waals surface area contributed by atoms with Gasteiger partial charge in [0.15, 0.2) is 0 Å². The number of carbonyl (C=O) groups excluding carboxylic acids is 1. The van der Waals surface area contributed by atoms with Crippen LogP contribution in [0, 0.1) is 23.7 Å². The highest BCUT2D eigenvalue weighted by atomic mass is 16.1. The number of carbonyl (C=O) groups is 1. The molecule has 54 heavy (non-hydrogen) atoms. The largest absolute Gasteiger partial charge is 0.311 e. The molecule has 274 valence electrons. The Bertz CT molecular complexity index is 2020. The van der Waals surface area contributed by atoms with Crippen LogP contribution in [0.15, 0.2) is 121 Å². The van der Waals surface area contributed by atoms with E-state index < -0.39 is 0 Å². The van der Waals surface area contributed by atoms with Crippen LogP contribution in [-0.2, 0) is 5.41 Å². The first-order chi connectivity index (χ1) is 26.7. The van der Waals surface area contributed by atoms with E-state index in [0.717, 1.165) is 52.9 Å². The Morgan fingerprint density at radius 2 is 0.963 bits per heavy atom. The number of nitrogens with zero attached hydrogens (tertiary/aromatic N) is 1. The van der Waals surface area contributed by atoms with Gasteiger partial charge < -0.3 is 4.90 Å². The first kappa shape index (κ1) is 38.4. The average Bonchev–Trinajstić information content (AvgIpc) is 3.48. The standard InChI is InChI=1S/C52H55NO/c1-3-5-7-9-11-21-37-52(38-22-12-10-8-6-4-2)50-39-43(31-35-48(50)49-36-32-44(41-54)40-51(49)52)24-20-19-23-42-29-33-47(34-30-42)53(45-25-15-13-16-26-45)46-27-17-14-18-28-46/h13-18,25-36,39-41H,3-12,21-22,37-38H2,1-2H3. The Balaban J connectivity index is 1.25. The van der Waals surface area contributed by atoms with Gasteiger partial charge in [0.1, 0.15) is 6.29 Å². The molecule has 0 amide bonds. The molecule has 0 bridgehead atoms. The molecule has 0 aliphatic heterocycles. The first-order valence-electron chi connectivity index (χ1n) is 20.4. The molecule has 5 aromatic carbocycles. The van der Waals surface area contributed by atoms with Gasteiger partial charge >= 0.3 is 0 Å². The Hall–Kier alpha value is -5.31. The van der Waals surface area contributed by atoms with Crippen molar-refractivity contribution >= 4 is 23.3 Å². The van der Waals surface area contributed by atoms with Gasteiger partial charge in [0, 0.05) is 39.2 Å². The summed E-state index contributed by atoms with van der Waals surface area (Å²) in [5.74, 6) is 13.0. The minimum atomic E-state index is -0.0995. The second kappa shape index (κ2) is 19.7. The fraction of sp³-hybridized carbons (Fsp3) is 0.327. The van der Waals surface area contributed by atoms with Gasteiger partial charge in [-0.3, -0.25) is 4.79 Å². The van der Waals surface area contributed by atoms with Crippen molar-refractivity contribution in [3.63, 3.8) is 0 Å². The molecule has 6 rings (SSSR count). The van der Waals surface area contributed by atoms with Crippen LogP contribution in [0.5, 0.6) is 0 Å². The molecule has 0 saturated heterocycles. The summed E-state index contributed by atoms with van der Waals surface area (Å²) < 4.78 is 0. The maximum atomic E-state index is 12.0. The number of benzene rings is 5. The lowest BCUT2D eigenvalue weighted by Crippen LogP contribution is -2.26. The monoisotopic (exact) mass is 709 g/mol. The number of para-hydroxylation sites is 2. The molecule has 0 heterocycles. The minimum absolute atomic E-state index is 0.0995. The van der Waals surface area contributed by atoms with Crippen molar-refractivity contribution in [2.45, 2.75) is 109 Å². The van der Waals surface area contributed by atoms with Crippen LogP contribution in [0.2, 0.25) is 0 Å². The van der Waals surface area contributed by atoms with E-state index in [2.05, 4.69) is 146 Å². The fourth-order valence-electron chi connectivity index (χ4n) is 8.24. The second-order valence-electron chi connectivity index (χ2n) is 14.9. The van der Waals surface area contributed by atoms with Gasteiger partial charge in [0.05, 0.1) is 0 Å². The van der Waals surface area contributed by atoms with Crippen LogP contribution < -0.4 is 4.90 Å². The molecule has 0 radical (unpaired) electrons. The van der Waals surface area contributed by atoms with E-state index in [4.69, 9.17) is 0 Å². The maximum absolute atomic E-state index is 12.0. The van der Waals surface area contributed by atoms with Gasteiger partial charge in [-0.05, 0) is 114 Å². The van der Waals surface area contributed by atoms with Crippen molar-refractivity contribution in [2.75, 3.05) is 4.90 Å². The van der Waals surface area contributed by atoms with E-state index in [0.29, 0.717) is 0 Å². The smallest absolute Gasteiger partial charge is 0.150 e. The molecule has 0 fully saturated rings. The van der Waals surface area contributed by atoms with Crippen LogP contribution in [0.25, 0.3) is 11.1 Å². The fourth-order valence-corrected chi connectivity index (χ4v) is 8.24. The summed E-state index contributed by atoms with van der Waals surface area (Å²) in [6, 6.07) is 42.4. The summed E-state index contributed by atoms with van der Waals surface area (Å²) in [7, 11) is 0. The lowest BCUT2D eigenvalue weighted by atomic mass is 9.70. The predicted molar refractivity (Wildman–Crippen MR) is 229 cm³/mol. The molecule has 0 atom stereocenters. The quantitative estimate of drug-likeness (QED) is 0.0513. The van der Waals surface area contributed by atoms with Crippen LogP contribution in [0.3, 0.4) is 0 Å². The molecule has 0 saturated carbocycles. The molecule has 1 aliphatic carbocycles. The average molecular weight is 710 g/mol. The molecule has 1 aliphatic rings. The van der Waals surface area contributed by atoms with Crippen LogP contribution in [0.1, 0.15) is 136 Å². The second-order valence-corrected chi connectivity index (χ2v) is 14.9. The number of aldehydes is 1. The van der Waals surface area contributed by atoms with Crippen LogP contribution in [0.4, 0.5) is 17.1 Å². The van der Waals surface area contributed by atoms with Crippen molar-refractivity contribution in [2.24, 2.45) is 0 Å². The summed E-state index contributed by atoms with van der Waals surface area (Å²) in [6.45, 7) is 4.56. The molecular weight excluding hydrogens is 655 g/mol. The Kier molecular flexibility index (Phi) is 14.0. The highest BCUT2D eigenvalue weighted by Crippen LogP contribution is 2.54. The zero-order chi connectivity index (χ0) is 37.4. The van der Waals surface area contributed by atoms with Crippen LogP contribution >= 0.6 is 0 Å². The SMILES string of the molecule is CCCCCCCCC1(CCCCCCCC)c2cc(C#CC#Cc3ccc(N(c4ccccc4)c4ccccc4)cc3)ccc2-c2ccc(C=O)cc21. The van der Waals surface area contributed by atoms with Crippen molar-refractivity contribution in [1.82, 2.24) is 0 Å². The number of fused-ring (bicyclic) bond motifs is 3. The molecular formula is C52H55NO. The molecule has 2 heteroatoms. The highest BCUT2D eigenvalue weighted by molar-refractivity contribution is 5.86. The van der Waals surface area contributed by atoms with Gasteiger partial charge in [-0.15, -0.1) is 0 Å². The summed E-state index contributed by atoms with van der Waals surface area (Å²) in [5, 5.41) is 0. The predicted octanol–water partition coefficient (Wildman–Crippen LogP) is 14.1. The van der Waals surface area contributed by atoms with E-state index in [-0.39, 0.29) is 5.41 Å².